The Morgan fingerprint density at radius 3 is 2.62 bits per heavy atom. The van der Waals surface area contributed by atoms with Crippen LogP contribution in [0, 0.1) is 5.82 Å². The summed E-state index contributed by atoms with van der Waals surface area (Å²) in [6.45, 7) is 1.79. The van der Waals surface area contributed by atoms with E-state index in [0.29, 0.717) is 0 Å². The van der Waals surface area contributed by atoms with E-state index in [0.717, 1.165) is 5.56 Å². The van der Waals surface area contributed by atoms with Crippen LogP contribution in [0.15, 0.2) is 47.4 Å². The minimum atomic E-state index is -0.479. The standard InChI is InChI=1S/C17H20FN3O3/c1-12(11-22)20(2)17(24)19-15-4-3-9-21(16(15)23)10-13-5-7-14(18)8-6-13/h3-9,12,22H,10-11H2,1-2H3,(H,19,24). The maximum atomic E-state index is 12.9. The maximum Gasteiger partial charge on any atom is 0.322 e. The Morgan fingerprint density at radius 1 is 1.33 bits per heavy atom. The number of hydrogen-bond acceptors (Lipinski definition) is 3. The molecule has 0 aliphatic rings. The van der Waals surface area contributed by atoms with Crippen molar-refractivity contribution in [3.63, 3.8) is 0 Å². The van der Waals surface area contributed by atoms with Gasteiger partial charge < -0.3 is 19.9 Å². The lowest BCUT2D eigenvalue weighted by Gasteiger charge is -2.23. The van der Waals surface area contributed by atoms with Gasteiger partial charge >= 0.3 is 6.03 Å². The van der Waals surface area contributed by atoms with Gasteiger partial charge in [-0.2, -0.15) is 0 Å². The van der Waals surface area contributed by atoms with Gasteiger partial charge in [0.25, 0.3) is 5.56 Å². The van der Waals surface area contributed by atoms with E-state index in [1.54, 1.807) is 31.3 Å². The molecule has 1 atom stereocenters. The Bertz CT molecular complexity index is 758. The third-order valence-corrected chi connectivity index (χ3v) is 3.77. The lowest BCUT2D eigenvalue weighted by molar-refractivity contribution is 0.166. The number of carbonyl (C=O) groups is 1. The maximum absolute atomic E-state index is 12.9. The topological polar surface area (TPSA) is 74.6 Å². The van der Waals surface area contributed by atoms with E-state index in [9.17, 15) is 14.0 Å². The van der Waals surface area contributed by atoms with E-state index in [-0.39, 0.29) is 36.3 Å². The summed E-state index contributed by atoms with van der Waals surface area (Å²) >= 11 is 0. The average molecular weight is 333 g/mol. The molecular weight excluding hydrogens is 313 g/mol. The number of amides is 2. The molecule has 1 heterocycles. The number of halogens is 1. The molecule has 24 heavy (non-hydrogen) atoms. The molecule has 2 amide bonds. The monoisotopic (exact) mass is 333 g/mol. The summed E-state index contributed by atoms with van der Waals surface area (Å²) < 4.78 is 14.4. The molecular formula is C17H20FN3O3. The lowest BCUT2D eigenvalue weighted by Crippen LogP contribution is -2.41. The molecule has 0 saturated carbocycles. The summed E-state index contributed by atoms with van der Waals surface area (Å²) in [4.78, 5) is 25.8. The summed E-state index contributed by atoms with van der Waals surface area (Å²) in [5, 5.41) is 11.6. The summed E-state index contributed by atoms with van der Waals surface area (Å²) in [6.07, 6.45) is 1.60. The van der Waals surface area contributed by atoms with E-state index < -0.39 is 6.03 Å². The number of rotatable bonds is 5. The van der Waals surface area contributed by atoms with E-state index >= 15 is 0 Å². The van der Waals surface area contributed by atoms with E-state index in [1.807, 2.05) is 0 Å². The number of anilines is 1. The van der Waals surface area contributed by atoms with Crippen molar-refractivity contribution in [1.29, 1.82) is 0 Å². The first-order valence-corrected chi connectivity index (χ1v) is 7.51. The second-order valence-electron chi connectivity index (χ2n) is 5.55. The summed E-state index contributed by atoms with van der Waals surface area (Å²) in [5.41, 5.74) is 0.551. The van der Waals surface area contributed by atoms with Gasteiger partial charge in [0.1, 0.15) is 11.5 Å². The van der Waals surface area contributed by atoms with Crippen LogP contribution in [0.2, 0.25) is 0 Å². The highest BCUT2D eigenvalue weighted by Gasteiger charge is 2.16. The third-order valence-electron chi connectivity index (χ3n) is 3.77. The zero-order chi connectivity index (χ0) is 17.7. The number of urea groups is 1. The summed E-state index contributed by atoms with van der Waals surface area (Å²) in [7, 11) is 1.54. The second kappa shape index (κ2) is 7.74. The Labute approximate surface area is 139 Å². The van der Waals surface area contributed by atoms with Gasteiger partial charge in [0.05, 0.1) is 19.2 Å². The number of hydrogen-bond donors (Lipinski definition) is 2. The van der Waals surface area contributed by atoms with Crippen LogP contribution in [0.3, 0.4) is 0 Å². The van der Waals surface area contributed by atoms with Crippen molar-refractivity contribution in [3.05, 3.63) is 64.3 Å². The molecule has 2 aromatic rings. The molecule has 0 fully saturated rings. The highest BCUT2D eigenvalue weighted by molar-refractivity contribution is 5.89. The predicted octanol–water partition coefficient (Wildman–Crippen LogP) is 1.88. The van der Waals surface area contributed by atoms with Crippen LogP contribution in [0.25, 0.3) is 0 Å². The molecule has 2 N–H and O–H groups in total. The largest absolute Gasteiger partial charge is 0.394 e. The number of aromatic nitrogens is 1. The molecule has 0 saturated heterocycles. The molecule has 128 valence electrons. The zero-order valence-electron chi connectivity index (χ0n) is 13.6. The number of nitrogens with zero attached hydrogens (tertiary/aromatic N) is 2. The number of likely N-dealkylation sites (N-methyl/N-ethyl adjacent to an activating group) is 1. The number of benzene rings is 1. The van der Waals surface area contributed by atoms with Crippen molar-refractivity contribution in [1.82, 2.24) is 9.47 Å². The van der Waals surface area contributed by atoms with Crippen LogP contribution in [0.5, 0.6) is 0 Å². The normalized spacial score (nSPS) is 11.8. The summed E-state index contributed by atoms with van der Waals surface area (Å²) in [5.74, 6) is -0.340. The van der Waals surface area contributed by atoms with Crippen molar-refractivity contribution in [3.8, 4) is 0 Å². The van der Waals surface area contributed by atoms with Gasteiger partial charge in [-0.1, -0.05) is 12.1 Å². The number of aliphatic hydroxyl groups excluding tert-OH is 1. The number of carbonyl (C=O) groups excluding carboxylic acids is 1. The first kappa shape index (κ1) is 17.7. The van der Waals surface area contributed by atoms with Crippen molar-refractivity contribution < 1.29 is 14.3 Å². The number of aliphatic hydroxyl groups is 1. The van der Waals surface area contributed by atoms with Crippen LogP contribution >= 0.6 is 0 Å². The van der Waals surface area contributed by atoms with Crippen molar-refractivity contribution in [2.75, 3.05) is 19.0 Å². The van der Waals surface area contributed by atoms with E-state index in [4.69, 9.17) is 5.11 Å². The molecule has 0 spiro atoms. The zero-order valence-corrected chi connectivity index (χ0v) is 13.6. The van der Waals surface area contributed by atoms with E-state index in [1.165, 1.54) is 34.7 Å². The molecule has 0 radical (unpaired) electrons. The fourth-order valence-electron chi connectivity index (χ4n) is 2.07. The van der Waals surface area contributed by atoms with Gasteiger partial charge in [-0.05, 0) is 36.8 Å². The lowest BCUT2D eigenvalue weighted by atomic mass is 10.2. The Morgan fingerprint density at radius 2 is 2.00 bits per heavy atom. The molecule has 7 heteroatoms. The van der Waals surface area contributed by atoms with Crippen LogP contribution in [-0.2, 0) is 6.54 Å². The van der Waals surface area contributed by atoms with Crippen molar-refractivity contribution >= 4 is 11.7 Å². The highest BCUT2D eigenvalue weighted by atomic mass is 19.1. The average Bonchev–Trinajstić information content (AvgIpc) is 2.58. The van der Waals surface area contributed by atoms with Crippen LogP contribution in [-0.4, -0.2) is 40.3 Å². The SMILES string of the molecule is CC(CO)N(C)C(=O)Nc1cccn(Cc2ccc(F)cc2)c1=O. The molecule has 1 aromatic carbocycles. The van der Waals surface area contributed by atoms with Gasteiger partial charge in [0.15, 0.2) is 0 Å². The molecule has 1 aromatic heterocycles. The van der Waals surface area contributed by atoms with Crippen LogP contribution in [0.4, 0.5) is 14.9 Å². The minimum absolute atomic E-state index is 0.140. The quantitative estimate of drug-likeness (QED) is 0.877. The molecule has 6 nitrogen and oxygen atoms in total. The fraction of sp³-hybridized carbons (Fsp3) is 0.294. The smallest absolute Gasteiger partial charge is 0.322 e. The summed E-state index contributed by atoms with van der Waals surface area (Å²) in [6, 6.07) is 8.18. The molecule has 0 bridgehead atoms. The van der Waals surface area contributed by atoms with E-state index in [2.05, 4.69) is 5.32 Å². The Kier molecular flexibility index (Phi) is 5.70. The first-order chi connectivity index (χ1) is 11.4. The van der Waals surface area contributed by atoms with Gasteiger partial charge in [-0.25, -0.2) is 9.18 Å². The first-order valence-electron chi connectivity index (χ1n) is 7.51. The fourth-order valence-corrected chi connectivity index (χ4v) is 2.07. The predicted molar refractivity (Wildman–Crippen MR) is 89.5 cm³/mol. The second-order valence-corrected chi connectivity index (χ2v) is 5.55. The highest BCUT2D eigenvalue weighted by Crippen LogP contribution is 2.07. The van der Waals surface area contributed by atoms with Crippen molar-refractivity contribution in [2.45, 2.75) is 19.5 Å². The number of nitrogens with one attached hydrogen (secondary N) is 1. The van der Waals surface area contributed by atoms with Gasteiger partial charge in [-0.3, -0.25) is 4.79 Å². The van der Waals surface area contributed by atoms with Gasteiger partial charge in [0, 0.05) is 13.2 Å². The van der Waals surface area contributed by atoms with Gasteiger partial charge in [-0.15, -0.1) is 0 Å². The van der Waals surface area contributed by atoms with Crippen LogP contribution in [0.1, 0.15) is 12.5 Å². The van der Waals surface area contributed by atoms with Gasteiger partial charge in [0.2, 0.25) is 0 Å². The third kappa shape index (κ3) is 4.20. The van der Waals surface area contributed by atoms with Crippen molar-refractivity contribution in [2.24, 2.45) is 0 Å². The molecule has 0 aliphatic heterocycles. The minimum Gasteiger partial charge on any atom is -0.394 e. The molecule has 2 rings (SSSR count). The Balaban J connectivity index is 2.17. The van der Waals surface area contributed by atoms with Crippen LogP contribution < -0.4 is 10.9 Å². The molecule has 1 unspecified atom stereocenters. The number of pyridine rings is 1. The molecule has 0 aliphatic carbocycles. The Hall–Kier alpha value is -2.67.